The van der Waals surface area contributed by atoms with E-state index < -0.39 is 0 Å². The number of nitrogens with zero attached hydrogens (tertiary/aromatic N) is 1. The Morgan fingerprint density at radius 2 is 2.30 bits per heavy atom. The largest absolute Gasteiger partial charge is 0.357 e. The maximum atomic E-state index is 4.78. The highest BCUT2D eigenvalue weighted by molar-refractivity contribution is 7.80. The number of rotatable bonds is 3. The first-order valence-electron chi connectivity index (χ1n) is 2.85. The highest BCUT2D eigenvalue weighted by atomic mass is 32.1. The van der Waals surface area contributed by atoms with Gasteiger partial charge in [0.05, 0.1) is 0 Å². The molecule has 0 unspecified atom stereocenters. The fraction of sp³-hybridized carbons (Fsp3) is 0.143. The molecule has 0 saturated heterocycles. The van der Waals surface area contributed by atoms with E-state index in [9.17, 15) is 0 Å². The predicted molar refractivity (Wildman–Crippen MR) is 49.5 cm³/mol. The molecule has 0 radical (unpaired) electrons. The Morgan fingerprint density at radius 1 is 1.60 bits per heavy atom. The second-order valence-corrected chi connectivity index (χ2v) is 1.88. The Balaban J connectivity index is 3.52. The molecule has 0 aromatic carbocycles. The minimum atomic E-state index is 0.458. The standard InChI is InChI=1S/C7H10N2S/c1-3-5-8-7(10)9-6-4-2/h3-5H,1-2,6H2,(H,9,10). The maximum absolute atomic E-state index is 4.78. The van der Waals surface area contributed by atoms with Gasteiger partial charge in [-0.25, -0.2) is 4.99 Å². The summed E-state index contributed by atoms with van der Waals surface area (Å²) in [6.07, 6.45) is 4.83. The van der Waals surface area contributed by atoms with Gasteiger partial charge in [-0.15, -0.1) is 6.58 Å². The van der Waals surface area contributed by atoms with E-state index in [0.29, 0.717) is 11.7 Å². The number of nitrogens with one attached hydrogen (secondary N) is 1. The van der Waals surface area contributed by atoms with Crippen LogP contribution in [0.3, 0.4) is 0 Å². The number of allylic oxidation sites excluding steroid dienone is 1. The predicted octanol–water partition coefficient (Wildman–Crippen LogP) is 1.30. The molecule has 0 aliphatic heterocycles. The van der Waals surface area contributed by atoms with Crippen molar-refractivity contribution in [3.63, 3.8) is 0 Å². The van der Waals surface area contributed by atoms with Crippen molar-refractivity contribution in [3.05, 3.63) is 25.3 Å². The van der Waals surface area contributed by atoms with Crippen LogP contribution in [0.15, 0.2) is 30.3 Å². The molecule has 0 atom stereocenters. The molecule has 0 aliphatic rings. The van der Waals surface area contributed by atoms with E-state index in [4.69, 9.17) is 12.2 Å². The van der Waals surface area contributed by atoms with Gasteiger partial charge < -0.3 is 5.32 Å². The Bertz CT molecular complexity index is 161. The lowest BCUT2D eigenvalue weighted by Crippen LogP contribution is -2.18. The first-order valence-corrected chi connectivity index (χ1v) is 3.26. The summed E-state index contributed by atoms with van der Waals surface area (Å²) in [6.45, 7) is 7.62. The summed E-state index contributed by atoms with van der Waals surface area (Å²) < 4.78 is 0. The summed E-state index contributed by atoms with van der Waals surface area (Å²) in [5.74, 6) is 0. The minimum Gasteiger partial charge on any atom is -0.357 e. The van der Waals surface area contributed by atoms with Crippen LogP contribution in [0, 0.1) is 0 Å². The molecule has 0 aromatic heterocycles. The molecule has 2 nitrogen and oxygen atoms in total. The van der Waals surface area contributed by atoms with E-state index in [1.165, 1.54) is 0 Å². The molecule has 1 N–H and O–H groups in total. The van der Waals surface area contributed by atoms with E-state index >= 15 is 0 Å². The molecule has 0 aromatic rings. The lowest BCUT2D eigenvalue weighted by Gasteiger charge is -1.95. The zero-order valence-electron chi connectivity index (χ0n) is 5.71. The lowest BCUT2D eigenvalue weighted by molar-refractivity contribution is 1.05. The van der Waals surface area contributed by atoms with Crippen molar-refractivity contribution >= 4 is 23.5 Å². The van der Waals surface area contributed by atoms with Gasteiger partial charge in [-0.2, -0.15) is 0 Å². The van der Waals surface area contributed by atoms with E-state index in [-0.39, 0.29) is 0 Å². The third kappa shape index (κ3) is 5.18. The summed E-state index contributed by atoms with van der Waals surface area (Å²) in [5.41, 5.74) is 0. The fourth-order valence-corrected chi connectivity index (χ4v) is 0.470. The van der Waals surface area contributed by atoms with E-state index in [1.54, 1.807) is 18.4 Å². The maximum Gasteiger partial charge on any atom is 0.192 e. The van der Waals surface area contributed by atoms with Crippen molar-refractivity contribution in [1.82, 2.24) is 5.32 Å². The summed E-state index contributed by atoms with van der Waals surface area (Å²) in [4.78, 5) is 3.81. The smallest absolute Gasteiger partial charge is 0.192 e. The average molecular weight is 154 g/mol. The lowest BCUT2D eigenvalue weighted by atomic mass is 10.6. The third-order valence-electron chi connectivity index (χ3n) is 0.695. The molecule has 3 heteroatoms. The molecule has 0 bridgehead atoms. The minimum absolute atomic E-state index is 0.458. The van der Waals surface area contributed by atoms with Crippen molar-refractivity contribution in [2.75, 3.05) is 6.54 Å². The molecule has 0 rings (SSSR count). The molecule has 54 valence electrons. The van der Waals surface area contributed by atoms with Gasteiger partial charge in [-0.05, 0) is 12.2 Å². The van der Waals surface area contributed by atoms with Gasteiger partial charge in [0.1, 0.15) is 0 Å². The number of hydrogen-bond acceptors (Lipinski definition) is 1. The van der Waals surface area contributed by atoms with Crippen LogP contribution in [0.5, 0.6) is 0 Å². The van der Waals surface area contributed by atoms with Gasteiger partial charge in [-0.3, -0.25) is 0 Å². The summed E-state index contributed by atoms with van der Waals surface area (Å²) in [5, 5.41) is 3.29. The van der Waals surface area contributed by atoms with Gasteiger partial charge in [0, 0.05) is 12.8 Å². The van der Waals surface area contributed by atoms with Crippen molar-refractivity contribution in [3.8, 4) is 0 Å². The Morgan fingerprint density at radius 3 is 2.80 bits per heavy atom. The second kappa shape index (κ2) is 6.16. The SMILES string of the molecule is C=CC=NC(=S)NCC=C. The molecule has 0 amide bonds. The van der Waals surface area contributed by atoms with Crippen molar-refractivity contribution in [2.45, 2.75) is 0 Å². The quantitative estimate of drug-likeness (QED) is 0.376. The topological polar surface area (TPSA) is 24.4 Å². The van der Waals surface area contributed by atoms with Crippen LogP contribution in [-0.2, 0) is 0 Å². The van der Waals surface area contributed by atoms with Gasteiger partial charge in [0.25, 0.3) is 0 Å². The van der Waals surface area contributed by atoms with Crippen LogP contribution < -0.4 is 5.32 Å². The van der Waals surface area contributed by atoms with Crippen LogP contribution in [0.2, 0.25) is 0 Å². The molecule has 10 heavy (non-hydrogen) atoms. The Kier molecular flexibility index (Phi) is 5.57. The van der Waals surface area contributed by atoms with Gasteiger partial charge >= 0.3 is 0 Å². The summed E-state index contributed by atoms with van der Waals surface area (Å²) >= 11 is 4.78. The Labute approximate surface area is 66.4 Å². The first-order chi connectivity index (χ1) is 4.81. The summed E-state index contributed by atoms with van der Waals surface area (Å²) in [7, 11) is 0. The van der Waals surface area contributed by atoms with E-state index in [1.807, 2.05) is 0 Å². The highest BCUT2D eigenvalue weighted by Gasteiger charge is 1.83. The van der Waals surface area contributed by atoms with Crippen LogP contribution in [0.4, 0.5) is 0 Å². The molecule has 0 heterocycles. The van der Waals surface area contributed by atoms with Crippen molar-refractivity contribution in [2.24, 2.45) is 4.99 Å². The van der Waals surface area contributed by atoms with Gasteiger partial charge in [-0.1, -0.05) is 18.7 Å². The van der Waals surface area contributed by atoms with Gasteiger partial charge in [0.15, 0.2) is 5.11 Å². The first kappa shape index (κ1) is 9.04. The molecule has 0 spiro atoms. The average Bonchev–Trinajstić information content (AvgIpc) is 1.97. The number of thiocarbonyl (C=S) groups is 1. The number of aliphatic imine (C=N–C) groups is 1. The molecular formula is C7H10N2S. The van der Waals surface area contributed by atoms with Crippen LogP contribution >= 0.6 is 12.2 Å². The van der Waals surface area contributed by atoms with E-state index in [0.717, 1.165) is 0 Å². The molecule has 0 fully saturated rings. The van der Waals surface area contributed by atoms with Crippen molar-refractivity contribution in [1.29, 1.82) is 0 Å². The zero-order valence-corrected chi connectivity index (χ0v) is 6.53. The monoisotopic (exact) mass is 154 g/mol. The second-order valence-electron chi connectivity index (χ2n) is 1.49. The van der Waals surface area contributed by atoms with Crippen molar-refractivity contribution < 1.29 is 0 Å². The van der Waals surface area contributed by atoms with Gasteiger partial charge in [0.2, 0.25) is 0 Å². The van der Waals surface area contributed by atoms with Crippen LogP contribution in [0.1, 0.15) is 0 Å². The molecular weight excluding hydrogens is 144 g/mol. The molecule has 0 saturated carbocycles. The fourth-order valence-electron chi connectivity index (χ4n) is 0.326. The van der Waals surface area contributed by atoms with Crippen LogP contribution in [-0.4, -0.2) is 17.9 Å². The summed E-state index contributed by atoms with van der Waals surface area (Å²) in [6, 6.07) is 0. The number of hydrogen-bond donors (Lipinski definition) is 1. The molecule has 0 aliphatic carbocycles. The van der Waals surface area contributed by atoms with Crippen LogP contribution in [0.25, 0.3) is 0 Å². The zero-order chi connectivity index (χ0) is 7.82. The third-order valence-corrected chi connectivity index (χ3v) is 0.945. The Hall–Kier alpha value is -0.960. The normalized spacial score (nSPS) is 9.20. The van der Waals surface area contributed by atoms with E-state index in [2.05, 4.69) is 23.5 Å². The highest BCUT2D eigenvalue weighted by Crippen LogP contribution is 1.73.